The van der Waals surface area contributed by atoms with Gasteiger partial charge < -0.3 is 0 Å². The van der Waals surface area contributed by atoms with Crippen molar-refractivity contribution in [2.75, 3.05) is 0 Å². The molecule has 3 heteroatoms. The molecule has 0 spiro atoms. The first kappa shape index (κ1) is 7.41. The van der Waals surface area contributed by atoms with E-state index in [1.54, 1.807) is 18.5 Å². The minimum Gasteiger partial charge on any atom is -0.294 e. The van der Waals surface area contributed by atoms with Crippen molar-refractivity contribution in [2.45, 2.75) is 0 Å². The maximum absolute atomic E-state index is 10.7. The van der Waals surface area contributed by atoms with Crippen LogP contribution in [0, 0.1) is 6.92 Å². The van der Waals surface area contributed by atoms with Crippen LogP contribution in [0.4, 0.5) is 0 Å². The monoisotopic (exact) mass is 198 g/mol. The second kappa shape index (κ2) is 2.92. The van der Waals surface area contributed by atoms with Crippen LogP contribution < -0.4 is 0 Å². The standard InChI is InChI=1S/C7H5BrNO/c1-5(10)6-2-3-9-4-7(6)8/h2-4H,1H2. The van der Waals surface area contributed by atoms with Crippen LogP contribution in [0.5, 0.6) is 0 Å². The molecule has 1 heterocycles. The van der Waals surface area contributed by atoms with Crippen molar-refractivity contribution in [1.29, 1.82) is 0 Å². The zero-order valence-electron chi connectivity index (χ0n) is 5.17. The smallest absolute Gasteiger partial charge is 0.164 e. The zero-order valence-corrected chi connectivity index (χ0v) is 6.76. The first-order valence-corrected chi connectivity index (χ1v) is 3.47. The number of nitrogens with zero attached hydrogens (tertiary/aromatic N) is 1. The molecular weight excluding hydrogens is 194 g/mol. The van der Waals surface area contributed by atoms with E-state index in [0.717, 1.165) is 0 Å². The van der Waals surface area contributed by atoms with Crippen molar-refractivity contribution < 1.29 is 4.79 Å². The molecule has 1 aromatic heterocycles. The Hall–Kier alpha value is -0.700. The van der Waals surface area contributed by atoms with E-state index in [-0.39, 0.29) is 5.78 Å². The third-order valence-electron chi connectivity index (χ3n) is 1.07. The number of rotatable bonds is 1. The normalized spacial score (nSPS) is 9.40. The molecule has 10 heavy (non-hydrogen) atoms. The molecule has 0 fully saturated rings. The number of aromatic nitrogens is 1. The molecule has 0 aliphatic rings. The number of hydrogen-bond acceptors (Lipinski definition) is 2. The lowest BCUT2D eigenvalue weighted by molar-refractivity contribution is 0.104. The molecule has 0 aliphatic heterocycles. The fourth-order valence-electron chi connectivity index (χ4n) is 0.601. The van der Waals surface area contributed by atoms with Crippen molar-refractivity contribution in [3.05, 3.63) is 35.4 Å². The summed E-state index contributed by atoms with van der Waals surface area (Å²) in [5.74, 6) is -0.200. The van der Waals surface area contributed by atoms with E-state index >= 15 is 0 Å². The average molecular weight is 199 g/mol. The average Bonchev–Trinajstić information content (AvgIpc) is 1.88. The molecule has 0 bridgehead atoms. The van der Waals surface area contributed by atoms with E-state index in [2.05, 4.69) is 27.8 Å². The van der Waals surface area contributed by atoms with Crippen LogP contribution >= 0.6 is 15.9 Å². The van der Waals surface area contributed by atoms with Crippen LogP contribution in [0.3, 0.4) is 0 Å². The van der Waals surface area contributed by atoms with Crippen LogP contribution in [-0.4, -0.2) is 10.8 Å². The third-order valence-corrected chi connectivity index (χ3v) is 1.70. The molecule has 0 N–H and O–H groups in total. The van der Waals surface area contributed by atoms with Crippen molar-refractivity contribution >= 4 is 21.7 Å². The van der Waals surface area contributed by atoms with Gasteiger partial charge in [-0.1, -0.05) is 0 Å². The van der Waals surface area contributed by atoms with E-state index in [1.807, 2.05) is 0 Å². The third kappa shape index (κ3) is 1.42. The van der Waals surface area contributed by atoms with Gasteiger partial charge in [-0.25, -0.2) is 0 Å². The molecule has 0 saturated carbocycles. The molecule has 0 atom stereocenters. The lowest BCUT2D eigenvalue weighted by atomic mass is 10.2. The van der Waals surface area contributed by atoms with Gasteiger partial charge in [-0.15, -0.1) is 0 Å². The number of Topliss-reactive ketones (excluding diaryl/α,β-unsaturated/α-hetero) is 1. The Morgan fingerprint density at radius 3 is 2.80 bits per heavy atom. The first-order chi connectivity index (χ1) is 4.72. The highest BCUT2D eigenvalue weighted by molar-refractivity contribution is 9.10. The Morgan fingerprint density at radius 1 is 1.70 bits per heavy atom. The minimum absolute atomic E-state index is 0.200. The van der Waals surface area contributed by atoms with Gasteiger partial charge in [-0.3, -0.25) is 9.78 Å². The number of carbonyl (C=O) groups is 1. The van der Waals surface area contributed by atoms with Crippen molar-refractivity contribution in [1.82, 2.24) is 4.98 Å². The molecular formula is C7H5BrNO. The molecule has 0 aromatic carbocycles. The van der Waals surface area contributed by atoms with Gasteiger partial charge in [0.05, 0.1) is 0 Å². The zero-order chi connectivity index (χ0) is 7.56. The fraction of sp³-hybridized carbons (Fsp3) is 0. The van der Waals surface area contributed by atoms with Gasteiger partial charge in [-0.2, -0.15) is 0 Å². The molecule has 51 valence electrons. The Labute approximate surface area is 67.4 Å². The van der Waals surface area contributed by atoms with E-state index in [4.69, 9.17) is 0 Å². The van der Waals surface area contributed by atoms with Crippen LogP contribution in [0.15, 0.2) is 22.9 Å². The summed E-state index contributed by atoms with van der Waals surface area (Å²) in [6.07, 6.45) is 3.13. The number of hydrogen-bond donors (Lipinski definition) is 0. The topological polar surface area (TPSA) is 30.0 Å². The summed E-state index contributed by atoms with van der Waals surface area (Å²) in [6.45, 7) is 3.27. The van der Waals surface area contributed by atoms with Gasteiger partial charge in [0.25, 0.3) is 0 Å². The van der Waals surface area contributed by atoms with E-state index in [1.165, 1.54) is 0 Å². The van der Waals surface area contributed by atoms with Crippen LogP contribution in [0.25, 0.3) is 0 Å². The largest absolute Gasteiger partial charge is 0.294 e. The van der Waals surface area contributed by atoms with E-state index in [9.17, 15) is 4.79 Å². The van der Waals surface area contributed by atoms with Crippen LogP contribution in [0.1, 0.15) is 10.4 Å². The highest BCUT2D eigenvalue weighted by Crippen LogP contribution is 2.13. The molecule has 1 rings (SSSR count). The maximum Gasteiger partial charge on any atom is 0.164 e. The van der Waals surface area contributed by atoms with Gasteiger partial charge >= 0.3 is 0 Å². The van der Waals surface area contributed by atoms with Gasteiger partial charge in [0.15, 0.2) is 5.78 Å². The highest BCUT2D eigenvalue weighted by atomic mass is 79.9. The van der Waals surface area contributed by atoms with Crippen molar-refractivity contribution in [3.63, 3.8) is 0 Å². The predicted molar refractivity (Wildman–Crippen MR) is 41.6 cm³/mol. The predicted octanol–water partition coefficient (Wildman–Crippen LogP) is 1.86. The van der Waals surface area contributed by atoms with Gasteiger partial charge in [-0.05, 0) is 22.0 Å². The molecule has 1 radical (unpaired) electrons. The Kier molecular flexibility index (Phi) is 2.17. The van der Waals surface area contributed by atoms with Crippen molar-refractivity contribution in [2.24, 2.45) is 0 Å². The van der Waals surface area contributed by atoms with Gasteiger partial charge in [0, 0.05) is 29.4 Å². The second-order valence-electron chi connectivity index (χ2n) is 1.78. The summed E-state index contributed by atoms with van der Waals surface area (Å²) in [7, 11) is 0. The number of carbonyl (C=O) groups excluding carboxylic acids is 1. The van der Waals surface area contributed by atoms with Gasteiger partial charge in [0.1, 0.15) is 0 Å². The Bertz CT molecular complexity index is 260. The first-order valence-electron chi connectivity index (χ1n) is 2.67. The molecule has 0 aliphatic carbocycles. The fourth-order valence-corrected chi connectivity index (χ4v) is 1.07. The SMILES string of the molecule is [CH2]C(=O)c1ccncc1Br. The molecule has 1 aromatic rings. The van der Waals surface area contributed by atoms with Crippen molar-refractivity contribution in [3.8, 4) is 0 Å². The maximum atomic E-state index is 10.7. The number of pyridine rings is 1. The summed E-state index contributed by atoms with van der Waals surface area (Å²) >= 11 is 3.17. The lowest BCUT2D eigenvalue weighted by Crippen LogP contribution is -1.93. The molecule has 2 nitrogen and oxygen atoms in total. The van der Waals surface area contributed by atoms with Crippen LogP contribution in [0.2, 0.25) is 0 Å². The Morgan fingerprint density at radius 2 is 2.40 bits per heavy atom. The van der Waals surface area contributed by atoms with Crippen LogP contribution in [-0.2, 0) is 0 Å². The lowest BCUT2D eigenvalue weighted by Gasteiger charge is -1.95. The van der Waals surface area contributed by atoms with Gasteiger partial charge in [0.2, 0.25) is 0 Å². The summed E-state index contributed by atoms with van der Waals surface area (Å²) in [5.41, 5.74) is 0.565. The molecule has 0 unspecified atom stereocenters. The summed E-state index contributed by atoms with van der Waals surface area (Å²) in [5, 5.41) is 0. The number of halogens is 1. The quantitative estimate of drug-likeness (QED) is 0.646. The summed E-state index contributed by atoms with van der Waals surface area (Å²) in [6, 6.07) is 1.62. The Balaban J connectivity index is 3.15. The van der Waals surface area contributed by atoms with E-state index in [0.29, 0.717) is 10.0 Å². The molecule has 0 saturated heterocycles. The minimum atomic E-state index is -0.200. The highest BCUT2D eigenvalue weighted by Gasteiger charge is 2.02. The molecule has 0 amide bonds. The summed E-state index contributed by atoms with van der Waals surface area (Å²) in [4.78, 5) is 14.5. The second-order valence-corrected chi connectivity index (χ2v) is 2.63. The van der Waals surface area contributed by atoms with E-state index < -0.39 is 0 Å². The number of ketones is 1. The summed E-state index contributed by atoms with van der Waals surface area (Å²) < 4.78 is 0.690.